The molecule has 0 spiro atoms. The van der Waals surface area contributed by atoms with Gasteiger partial charge in [-0.3, -0.25) is 4.79 Å². The van der Waals surface area contributed by atoms with Gasteiger partial charge in [-0.15, -0.1) is 0 Å². The van der Waals surface area contributed by atoms with E-state index in [1.54, 1.807) is 18.3 Å². The van der Waals surface area contributed by atoms with Crippen molar-refractivity contribution in [2.75, 3.05) is 5.32 Å². The number of pyridine rings is 1. The van der Waals surface area contributed by atoms with Crippen molar-refractivity contribution in [2.24, 2.45) is 11.1 Å². The lowest BCUT2D eigenvalue weighted by atomic mass is 9.81. The van der Waals surface area contributed by atoms with E-state index in [9.17, 15) is 4.79 Å². The fourth-order valence-corrected chi connectivity index (χ4v) is 2.09. The van der Waals surface area contributed by atoms with E-state index in [-0.39, 0.29) is 10.9 Å². The molecule has 92 valence electrons. The number of aromatic nitrogens is 1. The van der Waals surface area contributed by atoms with E-state index in [0.29, 0.717) is 18.7 Å². The lowest BCUT2D eigenvalue weighted by Gasteiger charge is -2.28. The topological polar surface area (TPSA) is 68.0 Å². The Labute approximate surface area is 107 Å². The summed E-state index contributed by atoms with van der Waals surface area (Å²) in [4.78, 5) is 16.5. The molecule has 1 amide bonds. The Bertz CT molecular complexity index is 401. The molecule has 1 heterocycles. The van der Waals surface area contributed by atoms with Gasteiger partial charge in [-0.1, -0.05) is 32.1 Å². The zero-order valence-electron chi connectivity index (χ0n) is 10.1. The lowest BCUT2D eigenvalue weighted by Crippen LogP contribution is -2.45. The summed E-state index contributed by atoms with van der Waals surface area (Å²) in [6, 6.07) is 5.33. The SMILES string of the molecule is CCC(CC)(C(=O)Nc1ccccn1)C(N)=S. The molecule has 0 aliphatic carbocycles. The number of amides is 1. The summed E-state index contributed by atoms with van der Waals surface area (Å²) in [6.07, 6.45) is 2.78. The fourth-order valence-electron chi connectivity index (χ4n) is 1.70. The van der Waals surface area contributed by atoms with Crippen LogP contribution in [0.15, 0.2) is 24.4 Å². The van der Waals surface area contributed by atoms with Crippen LogP contribution in [-0.2, 0) is 4.79 Å². The highest BCUT2D eigenvalue weighted by Gasteiger charge is 2.38. The molecule has 5 heteroatoms. The van der Waals surface area contributed by atoms with Crippen molar-refractivity contribution in [1.29, 1.82) is 0 Å². The molecule has 1 aromatic rings. The minimum atomic E-state index is -0.785. The second-order valence-corrected chi connectivity index (χ2v) is 4.26. The molecular formula is C12H17N3OS. The number of anilines is 1. The molecule has 0 saturated carbocycles. The monoisotopic (exact) mass is 251 g/mol. The Morgan fingerprint density at radius 3 is 2.53 bits per heavy atom. The minimum Gasteiger partial charge on any atom is -0.392 e. The van der Waals surface area contributed by atoms with Gasteiger partial charge < -0.3 is 11.1 Å². The molecule has 0 saturated heterocycles. The maximum atomic E-state index is 12.2. The zero-order valence-corrected chi connectivity index (χ0v) is 10.9. The zero-order chi connectivity index (χ0) is 12.9. The number of carbonyl (C=O) groups is 1. The minimum absolute atomic E-state index is 0.186. The first-order valence-electron chi connectivity index (χ1n) is 5.59. The van der Waals surface area contributed by atoms with E-state index < -0.39 is 5.41 Å². The number of nitrogens with zero attached hydrogens (tertiary/aromatic N) is 1. The smallest absolute Gasteiger partial charge is 0.238 e. The molecule has 0 radical (unpaired) electrons. The average molecular weight is 251 g/mol. The number of hydrogen-bond donors (Lipinski definition) is 2. The van der Waals surface area contributed by atoms with Gasteiger partial charge in [0.05, 0.1) is 10.4 Å². The van der Waals surface area contributed by atoms with Crippen LogP contribution in [-0.4, -0.2) is 15.9 Å². The van der Waals surface area contributed by atoms with Crippen LogP contribution in [0.1, 0.15) is 26.7 Å². The van der Waals surface area contributed by atoms with Crippen LogP contribution in [0.5, 0.6) is 0 Å². The number of thiocarbonyl (C=S) groups is 1. The molecule has 1 rings (SSSR count). The maximum absolute atomic E-state index is 12.2. The van der Waals surface area contributed by atoms with Crippen molar-refractivity contribution < 1.29 is 4.79 Å². The molecule has 0 aliphatic heterocycles. The number of carbonyl (C=O) groups excluding carboxylic acids is 1. The molecule has 0 aromatic carbocycles. The van der Waals surface area contributed by atoms with Gasteiger partial charge in [-0.2, -0.15) is 0 Å². The molecular weight excluding hydrogens is 234 g/mol. The summed E-state index contributed by atoms with van der Waals surface area (Å²) in [5.41, 5.74) is 4.91. The second kappa shape index (κ2) is 5.72. The molecule has 3 N–H and O–H groups in total. The number of nitrogens with two attached hydrogens (primary N) is 1. The van der Waals surface area contributed by atoms with Crippen molar-refractivity contribution in [2.45, 2.75) is 26.7 Å². The van der Waals surface area contributed by atoms with Crippen LogP contribution >= 0.6 is 12.2 Å². The normalized spacial score (nSPS) is 10.9. The first-order chi connectivity index (χ1) is 8.06. The highest BCUT2D eigenvalue weighted by Crippen LogP contribution is 2.28. The van der Waals surface area contributed by atoms with Gasteiger partial charge in [0.1, 0.15) is 5.82 Å². The van der Waals surface area contributed by atoms with Gasteiger partial charge in [0, 0.05) is 6.20 Å². The van der Waals surface area contributed by atoms with Crippen LogP contribution in [0.4, 0.5) is 5.82 Å². The molecule has 0 fully saturated rings. The molecule has 0 bridgehead atoms. The fraction of sp³-hybridized carbons (Fsp3) is 0.417. The molecule has 1 aromatic heterocycles. The highest BCUT2D eigenvalue weighted by atomic mass is 32.1. The van der Waals surface area contributed by atoms with Crippen LogP contribution in [0, 0.1) is 5.41 Å². The highest BCUT2D eigenvalue weighted by molar-refractivity contribution is 7.80. The van der Waals surface area contributed by atoms with E-state index in [0.717, 1.165) is 0 Å². The van der Waals surface area contributed by atoms with E-state index in [1.165, 1.54) is 0 Å². The van der Waals surface area contributed by atoms with Crippen LogP contribution in [0.3, 0.4) is 0 Å². The van der Waals surface area contributed by atoms with E-state index in [1.807, 2.05) is 19.9 Å². The van der Waals surface area contributed by atoms with Crippen LogP contribution in [0.2, 0.25) is 0 Å². The van der Waals surface area contributed by atoms with Crippen molar-refractivity contribution in [3.63, 3.8) is 0 Å². The van der Waals surface area contributed by atoms with Crippen LogP contribution < -0.4 is 11.1 Å². The van der Waals surface area contributed by atoms with E-state index in [4.69, 9.17) is 18.0 Å². The lowest BCUT2D eigenvalue weighted by molar-refractivity contribution is -0.122. The quantitative estimate of drug-likeness (QED) is 0.786. The van der Waals surface area contributed by atoms with Crippen molar-refractivity contribution >= 4 is 28.9 Å². The predicted octanol–water partition coefficient (Wildman–Crippen LogP) is 2.11. The standard InChI is InChI=1S/C12H17N3OS/c1-3-12(4-2,10(13)17)11(16)15-9-7-5-6-8-14-9/h5-8H,3-4H2,1-2H3,(H2,13,17)(H,14,15,16). The largest absolute Gasteiger partial charge is 0.392 e. The van der Waals surface area contributed by atoms with Crippen molar-refractivity contribution in [3.8, 4) is 0 Å². The molecule has 0 aliphatic rings. The Morgan fingerprint density at radius 1 is 1.47 bits per heavy atom. The number of rotatable bonds is 5. The van der Waals surface area contributed by atoms with Crippen molar-refractivity contribution in [3.05, 3.63) is 24.4 Å². The molecule has 0 atom stereocenters. The maximum Gasteiger partial charge on any atom is 0.238 e. The van der Waals surface area contributed by atoms with Gasteiger partial charge in [-0.05, 0) is 25.0 Å². The van der Waals surface area contributed by atoms with Gasteiger partial charge in [0.2, 0.25) is 5.91 Å². The third kappa shape index (κ3) is 2.79. The summed E-state index contributed by atoms with van der Waals surface area (Å²) in [6.45, 7) is 3.81. The first-order valence-corrected chi connectivity index (χ1v) is 6.00. The van der Waals surface area contributed by atoms with Gasteiger partial charge in [-0.25, -0.2) is 4.98 Å². The van der Waals surface area contributed by atoms with Crippen molar-refractivity contribution in [1.82, 2.24) is 4.98 Å². The van der Waals surface area contributed by atoms with E-state index in [2.05, 4.69) is 10.3 Å². The third-order valence-corrected chi connectivity index (χ3v) is 3.41. The Kier molecular flexibility index (Phi) is 4.57. The van der Waals surface area contributed by atoms with E-state index >= 15 is 0 Å². The summed E-state index contributed by atoms with van der Waals surface area (Å²) in [5, 5.41) is 2.75. The molecule has 4 nitrogen and oxygen atoms in total. The van der Waals surface area contributed by atoms with Crippen LogP contribution in [0.25, 0.3) is 0 Å². The average Bonchev–Trinajstić information content (AvgIpc) is 2.32. The summed E-state index contributed by atoms with van der Waals surface area (Å²) in [7, 11) is 0. The summed E-state index contributed by atoms with van der Waals surface area (Å²) >= 11 is 5.02. The number of nitrogens with one attached hydrogen (secondary N) is 1. The van der Waals surface area contributed by atoms with Gasteiger partial charge in [0.15, 0.2) is 0 Å². The first kappa shape index (κ1) is 13.6. The Balaban J connectivity index is 2.91. The number of hydrogen-bond acceptors (Lipinski definition) is 3. The molecule has 17 heavy (non-hydrogen) atoms. The summed E-state index contributed by atoms with van der Waals surface area (Å²) in [5.74, 6) is 0.328. The third-order valence-electron chi connectivity index (χ3n) is 3.02. The Hall–Kier alpha value is -1.49. The van der Waals surface area contributed by atoms with Gasteiger partial charge in [0.25, 0.3) is 0 Å². The van der Waals surface area contributed by atoms with Gasteiger partial charge >= 0.3 is 0 Å². The summed E-state index contributed by atoms with van der Waals surface area (Å²) < 4.78 is 0. The predicted molar refractivity (Wildman–Crippen MR) is 72.7 cm³/mol. The second-order valence-electron chi connectivity index (χ2n) is 3.82. The Morgan fingerprint density at radius 2 is 2.12 bits per heavy atom. The molecule has 0 unspecified atom stereocenters.